The molecule has 0 fully saturated rings. The highest BCUT2D eigenvalue weighted by atomic mass is 16.4. The van der Waals surface area contributed by atoms with Crippen LogP contribution in [-0.2, 0) is 0 Å². The topological polar surface area (TPSA) is 85.7 Å². The lowest BCUT2D eigenvalue weighted by molar-refractivity contribution is 0.0691. The van der Waals surface area contributed by atoms with Gasteiger partial charge in [0, 0.05) is 13.2 Å². The van der Waals surface area contributed by atoms with Crippen LogP contribution in [0.4, 0.5) is 0 Å². The molecule has 6 nitrogen and oxygen atoms in total. The first-order chi connectivity index (χ1) is 9.32. The molecule has 6 heteroatoms. The first kappa shape index (κ1) is 14.2. The fraction of sp³-hybridized carbons (Fsp3) is 0.429. The van der Waals surface area contributed by atoms with Crippen LogP contribution in [0.5, 0.6) is 0 Å². The molecule has 20 heavy (non-hydrogen) atoms. The van der Waals surface area contributed by atoms with Gasteiger partial charge in [0.15, 0.2) is 0 Å². The van der Waals surface area contributed by atoms with Gasteiger partial charge in [-0.25, -0.2) is 4.79 Å². The molecule has 0 spiro atoms. The molecule has 0 radical (unpaired) electrons. The summed E-state index contributed by atoms with van der Waals surface area (Å²) in [6.45, 7) is 5.70. The van der Waals surface area contributed by atoms with Crippen LogP contribution in [0, 0.1) is 12.8 Å². The maximum Gasteiger partial charge on any atom is 0.337 e. The fourth-order valence-electron chi connectivity index (χ4n) is 2.27. The van der Waals surface area contributed by atoms with Crippen molar-refractivity contribution in [3.63, 3.8) is 0 Å². The van der Waals surface area contributed by atoms with Crippen molar-refractivity contribution in [3.8, 4) is 0 Å². The summed E-state index contributed by atoms with van der Waals surface area (Å²) in [6, 6.07) is 1.59. The third-order valence-electron chi connectivity index (χ3n) is 3.38. The highest BCUT2D eigenvalue weighted by molar-refractivity contribution is 5.89. The molecule has 1 atom stereocenters. The number of pyridine rings is 1. The van der Waals surface area contributed by atoms with Crippen LogP contribution < -0.4 is 5.32 Å². The Labute approximate surface area is 117 Å². The van der Waals surface area contributed by atoms with Gasteiger partial charge in [-0.05, 0) is 24.5 Å². The van der Waals surface area contributed by atoms with E-state index in [1.165, 1.54) is 0 Å². The highest BCUT2D eigenvalue weighted by Gasteiger charge is 2.34. The van der Waals surface area contributed by atoms with Crippen LogP contribution in [0.15, 0.2) is 23.8 Å². The van der Waals surface area contributed by atoms with E-state index in [1.54, 1.807) is 31.1 Å². The van der Waals surface area contributed by atoms with E-state index in [9.17, 15) is 15.0 Å². The Morgan fingerprint density at radius 3 is 2.65 bits per heavy atom. The Kier molecular flexibility index (Phi) is 3.57. The van der Waals surface area contributed by atoms with Crippen molar-refractivity contribution in [1.82, 2.24) is 15.2 Å². The number of aryl methyl sites for hydroxylation is 1. The first-order valence-electron chi connectivity index (χ1n) is 6.45. The van der Waals surface area contributed by atoms with Crippen molar-refractivity contribution < 1.29 is 15.0 Å². The number of aromatic carboxylic acids is 1. The third kappa shape index (κ3) is 2.29. The zero-order valence-corrected chi connectivity index (χ0v) is 12.0. The molecular weight excluding hydrogens is 258 g/mol. The van der Waals surface area contributed by atoms with Crippen LogP contribution in [0.3, 0.4) is 0 Å². The highest BCUT2D eigenvalue weighted by Crippen LogP contribution is 2.31. The molecule has 0 aromatic carbocycles. The first-order valence-corrected chi connectivity index (χ1v) is 6.45. The van der Waals surface area contributed by atoms with E-state index in [4.69, 9.17) is 0 Å². The summed E-state index contributed by atoms with van der Waals surface area (Å²) in [5.41, 5.74) is 2.02. The van der Waals surface area contributed by atoms with Crippen molar-refractivity contribution in [3.05, 3.63) is 40.7 Å². The number of hydrogen-bond acceptors (Lipinski definition) is 5. The molecular formula is C14H19N3O3. The molecule has 0 aliphatic carbocycles. The van der Waals surface area contributed by atoms with Crippen LogP contribution in [0.1, 0.15) is 41.6 Å². The van der Waals surface area contributed by atoms with Gasteiger partial charge in [0.2, 0.25) is 5.88 Å². The molecule has 0 saturated heterocycles. The second-order valence-electron chi connectivity index (χ2n) is 5.30. The molecule has 1 aromatic rings. The number of aliphatic hydroxyl groups is 1. The van der Waals surface area contributed by atoms with Crippen molar-refractivity contribution in [2.24, 2.45) is 5.92 Å². The zero-order chi connectivity index (χ0) is 15.0. The fourth-order valence-corrected chi connectivity index (χ4v) is 2.27. The Hall–Kier alpha value is -2.24. The number of hydrogen-bond donors (Lipinski definition) is 3. The monoisotopic (exact) mass is 277 g/mol. The van der Waals surface area contributed by atoms with E-state index < -0.39 is 12.1 Å². The zero-order valence-electron chi connectivity index (χ0n) is 12.0. The van der Waals surface area contributed by atoms with Gasteiger partial charge in [-0.1, -0.05) is 13.8 Å². The molecule has 0 bridgehead atoms. The number of allylic oxidation sites excluding steroid dienone is 1. The Morgan fingerprint density at radius 1 is 1.50 bits per heavy atom. The summed E-state index contributed by atoms with van der Waals surface area (Å²) >= 11 is 0. The number of carboxylic acids is 1. The normalized spacial score (nSPS) is 18.6. The third-order valence-corrected chi connectivity index (χ3v) is 3.38. The number of nitrogens with zero attached hydrogens (tertiary/aromatic N) is 2. The van der Waals surface area contributed by atoms with E-state index in [1.807, 2.05) is 13.8 Å². The number of rotatable bonds is 3. The smallest absolute Gasteiger partial charge is 0.337 e. The summed E-state index contributed by atoms with van der Waals surface area (Å²) in [4.78, 5) is 17.2. The molecule has 1 aliphatic rings. The minimum absolute atomic E-state index is 0.112. The Balaban J connectivity index is 2.43. The van der Waals surface area contributed by atoms with Gasteiger partial charge in [-0.15, -0.1) is 0 Å². The van der Waals surface area contributed by atoms with E-state index in [0.717, 1.165) is 5.56 Å². The maximum atomic E-state index is 11.4. The van der Waals surface area contributed by atoms with Gasteiger partial charge in [0.05, 0.1) is 17.0 Å². The summed E-state index contributed by atoms with van der Waals surface area (Å²) in [7, 11) is 1.70. The van der Waals surface area contributed by atoms with E-state index >= 15 is 0 Å². The lowest BCUT2D eigenvalue weighted by Gasteiger charge is -2.23. The van der Waals surface area contributed by atoms with Crippen molar-refractivity contribution >= 4 is 5.97 Å². The molecule has 1 unspecified atom stereocenters. The summed E-state index contributed by atoms with van der Waals surface area (Å²) < 4.78 is 0. The van der Waals surface area contributed by atoms with Gasteiger partial charge in [-0.2, -0.15) is 0 Å². The van der Waals surface area contributed by atoms with Crippen molar-refractivity contribution in [2.45, 2.75) is 26.9 Å². The van der Waals surface area contributed by atoms with E-state index in [-0.39, 0.29) is 17.4 Å². The average Bonchev–Trinajstić information content (AvgIpc) is 2.66. The van der Waals surface area contributed by atoms with Crippen LogP contribution in [0.2, 0.25) is 0 Å². The van der Waals surface area contributed by atoms with Crippen LogP contribution >= 0.6 is 0 Å². The second kappa shape index (κ2) is 5.03. The van der Waals surface area contributed by atoms with E-state index in [0.29, 0.717) is 11.4 Å². The SMILES string of the molecule is Cc1cnc(C2NC(C(C)C)=C(O)N2C)c(C(=O)O)c1. The summed E-state index contributed by atoms with van der Waals surface area (Å²) in [5.74, 6) is -0.784. The number of nitrogens with one attached hydrogen (secondary N) is 1. The van der Waals surface area contributed by atoms with Crippen LogP contribution in [-0.4, -0.2) is 33.1 Å². The number of carbonyl (C=O) groups is 1. The number of carboxylic acid groups (broad SMARTS) is 1. The summed E-state index contributed by atoms with van der Waals surface area (Å²) in [5, 5.41) is 22.6. The number of aliphatic hydroxyl groups excluding tert-OH is 1. The maximum absolute atomic E-state index is 11.4. The molecule has 1 aliphatic heterocycles. The Morgan fingerprint density at radius 2 is 2.15 bits per heavy atom. The van der Waals surface area contributed by atoms with E-state index in [2.05, 4.69) is 10.3 Å². The predicted octanol–water partition coefficient (Wildman–Crippen LogP) is 2.00. The van der Waals surface area contributed by atoms with Gasteiger partial charge in [-0.3, -0.25) is 4.98 Å². The van der Waals surface area contributed by atoms with Gasteiger partial charge in [0.25, 0.3) is 0 Å². The average molecular weight is 277 g/mol. The van der Waals surface area contributed by atoms with Gasteiger partial charge in [0.1, 0.15) is 6.17 Å². The van der Waals surface area contributed by atoms with Crippen LogP contribution in [0.25, 0.3) is 0 Å². The molecule has 0 saturated carbocycles. The van der Waals surface area contributed by atoms with Crippen molar-refractivity contribution in [1.29, 1.82) is 0 Å². The molecule has 1 aromatic heterocycles. The lowest BCUT2D eigenvalue weighted by Crippen LogP contribution is -2.29. The molecule has 0 amide bonds. The predicted molar refractivity (Wildman–Crippen MR) is 74.1 cm³/mol. The van der Waals surface area contributed by atoms with Gasteiger partial charge >= 0.3 is 5.97 Å². The largest absolute Gasteiger partial charge is 0.493 e. The number of aromatic nitrogens is 1. The quantitative estimate of drug-likeness (QED) is 0.783. The molecule has 108 valence electrons. The molecule has 3 N–H and O–H groups in total. The second-order valence-corrected chi connectivity index (χ2v) is 5.30. The summed E-state index contributed by atoms with van der Waals surface area (Å²) in [6.07, 6.45) is 1.15. The lowest BCUT2D eigenvalue weighted by atomic mass is 10.1. The van der Waals surface area contributed by atoms with Gasteiger partial charge < -0.3 is 20.4 Å². The minimum Gasteiger partial charge on any atom is -0.493 e. The standard InChI is InChI=1S/C14H19N3O3/c1-7(2)10-13(18)17(4)12(16-10)11-9(14(19)20)5-8(3)6-15-11/h5-7,12,16,18H,1-4H3,(H,19,20). The van der Waals surface area contributed by atoms with Crippen molar-refractivity contribution in [2.75, 3.05) is 7.05 Å². The Bertz CT molecular complexity index is 581. The molecule has 2 heterocycles. The minimum atomic E-state index is -1.02. The molecule has 2 rings (SSSR count).